The van der Waals surface area contributed by atoms with Crippen LogP contribution in [0.2, 0.25) is 5.02 Å². The fourth-order valence-corrected chi connectivity index (χ4v) is 3.67. The number of aliphatic hydroxyl groups is 1. The van der Waals surface area contributed by atoms with Gasteiger partial charge in [0.1, 0.15) is 0 Å². The Hall–Kier alpha value is -1.06. The molecule has 0 aromatic heterocycles. The van der Waals surface area contributed by atoms with Crippen molar-refractivity contribution in [3.63, 3.8) is 0 Å². The molecule has 108 valence electrons. The first-order valence-corrected chi connectivity index (χ1v) is 7.78. The van der Waals surface area contributed by atoms with Crippen molar-refractivity contribution in [2.24, 2.45) is 5.92 Å². The van der Waals surface area contributed by atoms with Crippen molar-refractivity contribution in [2.75, 3.05) is 5.32 Å². The Morgan fingerprint density at radius 3 is 2.70 bits per heavy atom. The molecule has 1 aromatic carbocycles. The van der Waals surface area contributed by atoms with Crippen molar-refractivity contribution < 1.29 is 9.90 Å². The predicted octanol–water partition coefficient (Wildman–Crippen LogP) is 4.01. The van der Waals surface area contributed by atoms with Crippen LogP contribution in [0.5, 0.6) is 0 Å². The number of fused-ring (bicyclic) bond motifs is 1. The zero-order valence-corrected chi connectivity index (χ0v) is 12.4. The molecule has 1 aliphatic heterocycles. The Labute approximate surface area is 124 Å². The molecule has 3 rings (SSSR count). The lowest BCUT2D eigenvalue weighted by Crippen LogP contribution is -2.16. The molecule has 0 bridgehead atoms. The van der Waals surface area contributed by atoms with E-state index in [-0.39, 0.29) is 11.8 Å². The summed E-state index contributed by atoms with van der Waals surface area (Å²) in [5, 5.41) is 13.9. The van der Waals surface area contributed by atoms with E-state index in [0.29, 0.717) is 16.6 Å². The van der Waals surface area contributed by atoms with E-state index in [2.05, 4.69) is 5.32 Å². The maximum Gasteiger partial charge on any atom is 0.231 e. The number of carbonyl (C=O) groups excluding carboxylic acids is 1. The minimum Gasteiger partial charge on any atom is -0.388 e. The summed E-state index contributed by atoms with van der Waals surface area (Å²) >= 11 is 6.26. The van der Waals surface area contributed by atoms with E-state index in [9.17, 15) is 9.90 Å². The lowest BCUT2D eigenvalue weighted by Gasteiger charge is -2.27. The van der Waals surface area contributed by atoms with E-state index in [1.165, 1.54) is 19.3 Å². The molecule has 1 aliphatic carbocycles. The number of rotatable bonds is 2. The summed E-state index contributed by atoms with van der Waals surface area (Å²) in [6, 6.07) is 3.75. The van der Waals surface area contributed by atoms with Crippen LogP contribution in [-0.2, 0) is 4.79 Å². The molecule has 2 unspecified atom stereocenters. The van der Waals surface area contributed by atoms with Gasteiger partial charge in [0.15, 0.2) is 0 Å². The van der Waals surface area contributed by atoms with Crippen molar-refractivity contribution in [1.82, 2.24) is 0 Å². The van der Waals surface area contributed by atoms with E-state index in [4.69, 9.17) is 11.6 Å². The van der Waals surface area contributed by atoms with Gasteiger partial charge in [0.2, 0.25) is 5.91 Å². The van der Waals surface area contributed by atoms with Crippen LogP contribution in [0.15, 0.2) is 12.1 Å². The van der Waals surface area contributed by atoms with Gasteiger partial charge in [-0.25, -0.2) is 0 Å². The molecule has 1 heterocycles. The highest BCUT2D eigenvalue weighted by Crippen LogP contribution is 2.42. The molecule has 1 aromatic rings. The summed E-state index contributed by atoms with van der Waals surface area (Å²) < 4.78 is 0. The van der Waals surface area contributed by atoms with Crippen molar-refractivity contribution in [3.8, 4) is 0 Å². The first kappa shape index (κ1) is 13.9. The molecule has 0 radical (unpaired) electrons. The first-order valence-electron chi connectivity index (χ1n) is 7.40. The minimum atomic E-state index is -0.471. The molecule has 20 heavy (non-hydrogen) atoms. The third-order valence-corrected chi connectivity index (χ3v) is 4.99. The van der Waals surface area contributed by atoms with E-state index in [1.54, 1.807) is 6.07 Å². The second-order valence-corrected chi connectivity index (χ2v) is 6.43. The monoisotopic (exact) mass is 293 g/mol. The Morgan fingerprint density at radius 2 is 2.00 bits per heavy atom. The Balaban J connectivity index is 1.91. The average Bonchev–Trinajstić information content (AvgIpc) is 2.76. The zero-order chi connectivity index (χ0) is 14.3. The van der Waals surface area contributed by atoms with Crippen LogP contribution < -0.4 is 5.32 Å². The van der Waals surface area contributed by atoms with Crippen molar-refractivity contribution >= 4 is 23.2 Å². The number of aliphatic hydroxyl groups excluding tert-OH is 1. The molecule has 1 fully saturated rings. The van der Waals surface area contributed by atoms with Gasteiger partial charge in [0, 0.05) is 0 Å². The van der Waals surface area contributed by atoms with Gasteiger partial charge in [-0.15, -0.1) is 0 Å². The standard InChI is InChI=1S/C16H20ClNO2/c1-9-12-7-11(8-13(17)14(12)18-16(9)20)15(19)10-5-3-2-4-6-10/h7-10,15,19H,2-6H2,1H3,(H,18,20). The van der Waals surface area contributed by atoms with Gasteiger partial charge in [0.25, 0.3) is 0 Å². The molecule has 1 saturated carbocycles. The lowest BCUT2D eigenvalue weighted by atomic mass is 9.82. The molecule has 4 heteroatoms. The number of benzene rings is 1. The van der Waals surface area contributed by atoms with Gasteiger partial charge >= 0.3 is 0 Å². The third kappa shape index (κ3) is 2.33. The average molecular weight is 294 g/mol. The normalized spacial score (nSPS) is 24.4. The van der Waals surface area contributed by atoms with Gasteiger partial charge in [-0.1, -0.05) is 36.9 Å². The van der Waals surface area contributed by atoms with Gasteiger partial charge in [0.05, 0.1) is 22.7 Å². The van der Waals surface area contributed by atoms with E-state index >= 15 is 0 Å². The molecule has 2 aliphatic rings. The number of nitrogens with one attached hydrogen (secondary N) is 1. The van der Waals surface area contributed by atoms with Crippen LogP contribution >= 0.6 is 11.6 Å². The molecule has 0 spiro atoms. The summed E-state index contributed by atoms with van der Waals surface area (Å²) in [5.41, 5.74) is 2.47. The van der Waals surface area contributed by atoms with Gasteiger partial charge in [-0.2, -0.15) is 0 Å². The summed E-state index contributed by atoms with van der Waals surface area (Å²) in [6.07, 6.45) is 5.32. The SMILES string of the molecule is CC1C(=O)Nc2c(Cl)cc(C(O)C3CCCCC3)cc21. The zero-order valence-electron chi connectivity index (χ0n) is 11.7. The molecule has 2 N–H and O–H groups in total. The number of hydrogen-bond donors (Lipinski definition) is 2. The third-order valence-electron chi connectivity index (χ3n) is 4.69. The molecular formula is C16H20ClNO2. The summed E-state index contributed by atoms with van der Waals surface area (Å²) in [7, 11) is 0. The number of carbonyl (C=O) groups is 1. The predicted molar refractivity (Wildman–Crippen MR) is 80.0 cm³/mol. The number of halogens is 1. The number of anilines is 1. The van der Waals surface area contributed by atoms with Crippen molar-refractivity contribution in [2.45, 2.75) is 51.0 Å². The maximum atomic E-state index is 11.7. The van der Waals surface area contributed by atoms with E-state index in [1.807, 2.05) is 13.0 Å². The second kappa shape index (κ2) is 5.38. The second-order valence-electron chi connectivity index (χ2n) is 6.02. The summed E-state index contributed by atoms with van der Waals surface area (Å²) in [6.45, 7) is 1.87. The van der Waals surface area contributed by atoms with Gasteiger partial charge < -0.3 is 10.4 Å². The fourth-order valence-electron chi connectivity index (χ4n) is 3.39. The van der Waals surface area contributed by atoms with Crippen LogP contribution in [0.3, 0.4) is 0 Å². The Bertz CT molecular complexity index is 538. The smallest absolute Gasteiger partial charge is 0.231 e. The number of amides is 1. The maximum absolute atomic E-state index is 11.7. The lowest BCUT2D eigenvalue weighted by molar-refractivity contribution is -0.116. The van der Waals surface area contributed by atoms with Crippen LogP contribution in [0.1, 0.15) is 62.2 Å². The van der Waals surface area contributed by atoms with Crippen LogP contribution in [0.4, 0.5) is 5.69 Å². The molecule has 1 amide bonds. The highest BCUT2D eigenvalue weighted by molar-refractivity contribution is 6.34. The van der Waals surface area contributed by atoms with Crippen molar-refractivity contribution in [3.05, 3.63) is 28.3 Å². The van der Waals surface area contributed by atoms with Crippen LogP contribution in [0, 0.1) is 5.92 Å². The highest BCUT2D eigenvalue weighted by Gasteiger charge is 2.31. The largest absolute Gasteiger partial charge is 0.388 e. The summed E-state index contributed by atoms with van der Waals surface area (Å²) in [4.78, 5) is 11.7. The Morgan fingerprint density at radius 1 is 1.30 bits per heavy atom. The topological polar surface area (TPSA) is 49.3 Å². The van der Waals surface area contributed by atoms with Gasteiger partial charge in [-0.05, 0) is 42.9 Å². The summed E-state index contributed by atoms with van der Waals surface area (Å²) in [5.74, 6) is 0.102. The molecular weight excluding hydrogens is 274 g/mol. The van der Waals surface area contributed by atoms with E-state index < -0.39 is 6.10 Å². The van der Waals surface area contributed by atoms with Crippen LogP contribution in [-0.4, -0.2) is 11.0 Å². The number of hydrogen-bond acceptors (Lipinski definition) is 2. The molecule has 2 atom stereocenters. The minimum absolute atomic E-state index is 0.0220. The van der Waals surface area contributed by atoms with E-state index in [0.717, 1.165) is 24.0 Å². The first-order chi connectivity index (χ1) is 9.58. The van der Waals surface area contributed by atoms with Crippen molar-refractivity contribution in [1.29, 1.82) is 0 Å². The molecule has 0 saturated heterocycles. The highest BCUT2D eigenvalue weighted by atomic mass is 35.5. The quantitative estimate of drug-likeness (QED) is 0.865. The van der Waals surface area contributed by atoms with Gasteiger partial charge in [-0.3, -0.25) is 4.79 Å². The Kier molecular flexibility index (Phi) is 3.74. The fraction of sp³-hybridized carbons (Fsp3) is 0.562. The molecule has 3 nitrogen and oxygen atoms in total. The van der Waals surface area contributed by atoms with Crippen LogP contribution in [0.25, 0.3) is 0 Å².